The summed E-state index contributed by atoms with van der Waals surface area (Å²) >= 11 is 0. The molecule has 0 aliphatic rings. The number of hydrogen-bond acceptors (Lipinski definition) is 5. The number of phenols is 1. The summed E-state index contributed by atoms with van der Waals surface area (Å²) in [6.45, 7) is 2.98. The van der Waals surface area contributed by atoms with Gasteiger partial charge in [0.1, 0.15) is 5.75 Å². The molecule has 0 fully saturated rings. The van der Waals surface area contributed by atoms with Crippen LogP contribution in [-0.4, -0.2) is 50.1 Å². The Morgan fingerprint density at radius 1 is 1.35 bits per heavy atom. The van der Waals surface area contributed by atoms with Crippen molar-refractivity contribution in [2.75, 3.05) is 31.9 Å². The van der Waals surface area contributed by atoms with Gasteiger partial charge in [0.25, 0.3) is 0 Å². The third-order valence-corrected chi connectivity index (χ3v) is 4.15. The van der Waals surface area contributed by atoms with Crippen molar-refractivity contribution in [1.82, 2.24) is 9.62 Å². The molecule has 114 valence electrons. The van der Waals surface area contributed by atoms with Gasteiger partial charge in [-0.25, -0.2) is 0 Å². The van der Waals surface area contributed by atoms with Crippen LogP contribution in [0.3, 0.4) is 0 Å². The first kappa shape index (κ1) is 16.7. The summed E-state index contributed by atoms with van der Waals surface area (Å²) in [6, 6.07) is 4.31. The molecule has 1 rings (SSSR count). The lowest BCUT2D eigenvalue weighted by Gasteiger charge is -2.17. The summed E-state index contributed by atoms with van der Waals surface area (Å²) in [5, 5.41) is 22.6. The number of aliphatic hydroxyl groups excluding tert-OH is 1. The van der Waals surface area contributed by atoms with Gasteiger partial charge < -0.3 is 15.5 Å². The van der Waals surface area contributed by atoms with Crippen molar-refractivity contribution in [2.45, 2.75) is 13.0 Å². The third kappa shape index (κ3) is 4.34. The molecule has 0 bridgehead atoms. The highest BCUT2D eigenvalue weighted by Crippen LogP contribution is 2.28. The molecule has 1 aromatic carbocycles. The molecule has 1 unspecified atom stereocenters. The van der Waals surface area contributed by atoms with Gasteiger partial charge in [-0.1, -0.05) is 13.0 Å². The number of aromatic hydroxyl groups is 1. The van der Waals surface area contributed by atoms with E-state index in [0.717, 1.165) is 10.8 Å². The number of likely N-dealkylation sites (N-methyl/N-ethyl adjacent to an activating group) is 1. The van der Waals surface area contributed by atoms with Crippen molar-refractivity contribution in [3.05, 3.63) is 23.8 Å². The van der Waals surface area contributed by atoms with Crippen LogP contribution in [-0.2, 0) is 10.2 Å². The van der Waals surface area contributed by atoms with Crippen molar-refractivity contribution in [1.29, 1.82) is 0 Å². The topological polar surface area (TPSA) is 102 Å². The van der Waals surface area contributed by atoms with E-state index in [2.05, 4.69) is 10.0 Å². The van der Waals surface area contributed by atoms with Crippen LogP contribution in [0.25, 0.3) is 0 Å². The van der Waals surface area contributed by atoms with Gasteiger partial charge in [-0.2, -0.15) is 12.7 Å². The third-order valence-electron chi connectivity index (χ3n) is 2.71. The van der Waals surface area contributed by atoms with E-state index in [1.165, 1.54) is 26.2 Å². The Morgan fingerprint density at radius 2 is 2.00 bits per heavy atom. The lowest BCUT2D eigenvalue weighted by atomic mass is 10.1. The van der Waals surface area contributed by atoms with Gasteiger partial charge in [0.2, 0.25) is 0 Å². The fourth-order valence-corrected chi connectivity index (χ4v) is 2.10. The number of rotatable bonds is 7. The first-order chi connectivity index (χ1) is 9.27. The number of nitrogens with one attached hydrogen (secondary N) is 2. The molecule has 1 atom stereocenters. The van der Waals surface area contributed by atoms with E-state index in [9.17, 15) is 18.6 Å². The molecule has 0 saturated heterocycles. The minimum atomic E-state index is -3.71. The highest BCUT2D eigenvalue weighted by Gasteiger charge is 2.17. The largest absolute Gasteiger partial charge is 0.506 e. The zero-order chi connectivity index (χ0) is 15.3. The maximum absolute atomic E-state index is 11.7. The first-order valence-corrected chi connectivity index (χ1v) is 7.64. The monoisotopic (exact) mass is 303 g/mol. The number of aliphatic hydroxyl groups is 1. The quantitative estimate of drug-likeness (QED) is 0.541. The second kappa shape index (κ2) is 6.89. The number of benzene rings is 1. The summed E-state index contributed by atoms with van der Waals surface area (Å²) in [5.41, 5.74) is 0.548. The Morgan fingerprint density at radius 3 is 2.55 bits per heavy atom. The lowest BCUT2D eigenvalue weighted by Crippen LogP contribution is -2.29. The zero-order valence-corrected chi connectivity index (χ0v) is 12.6. The fraction of sp³-hybridized carbons (Fsp3) is 0.500. The summed E-state index contributed by atoms with van der Waals surface area (Å²) in [4.78, 5) is 0. The maximum atomic E-state index is 11.7. The molecule has 0 amide bonds. The second-order valence-electron chi connectivity index (χ2n) is 4.49. The molecule has 1 aromatic rings. The Hall–Kier alpha value is -1.35. The second-order valence-corrected chi connectivity index (χ2v) is 6.37. The molecule has 0 aliphatic carbocycles. The number of nitrogens with zero attached hydrogens (tertiary/aromatic N) is 1. The van der Waals surface area contributed by atoms with Crippen LogP contribution in [0.15, 0.2) is 18.2 Å². The summed E-state index contributed by atoms with van der Waals surface area (Å²) in [7, 11) is -0.951. The van der Waals surface area contributed by atoms with E-state index >= 15 is 0 Å². The summed E-state index contributed by atoms with van der Waals surface area (Å²) in [6.07, 6.45) is -0.779. The van der Waals surface area contributed by atoms with Crippen molar-refractivity contribution < 1.29 is 18.6 Å². The predicted molar refractivity (Wildman–Crippen MR) is 77.8 cm³/mol. The van der Waals surface area contributed by atoms with Gasteiger partial charge in [-0.05, 0) is 24.2 Å². The minimum Gasteiger partial charge on any atom is -0.506 e. The van der Waals surface area contributed by atoms with Crippen LogP contribution < -0.4 is 10.0 Å². The van der Waals surface area contributed by atoms with E-state index in [-0.39, 0.29) is 11.4 Å². The van der Waals surface area contributed by atoms with Gasteiger partial charge in [-0.15, -0.1) is 0 Å². The Kier molecular flexibility index (Phi) is 5.75. The number of anilines is 1. The van der Waals surface area contributed by atoms with Crippen molar-refractivity contribution in [3.8, 4) is 5.75 Å². The smallest absolute Gasteiger partial charge is 0.301 e. The van der Waals surface area contributed by atoms with Gasteiger partial charge in [0.05, 0.1) is 11.8 Å². The molecule has 20 heavy (non-hydrogen) atoms. The van der Waals surface area contributed by atoms with E-state index in [1.807, 2.05) is 6.92 Å². The summed E-state index contributed by atoms with van der Waals surface area (Å²) < 4.78 is 26.7. The SMILES string of the molecule is CCNCC(O)c1ccc(O)c(NS(=O)(=O)N(C)C)c1. The molecule has 0 aromatic heterocycles. The zero-order valence-electron chi connectivity index (χ0n) is 11.8. The van der Waals surface area contributed by atoms with Crippen molar-refractivity contribution >= 4 is 15.9 Å². The van der Waals surface area contributed by atoms with Crippen LogP contribution in [0, 0.1) is 0 Å². The molecular weight excluding hydrogens is 282 g/mol. The molecule has 0 heterocycles. The van der Waals surface area contributed by atoms with Crippen LogP contribution in [0.1, 0.15) is 18.6 Å². The number of hydrogen-bond donors (Lipinski definition) is 4. The van der Waals surface area contributed by atoms with Gasteiger partial charge >= 0.3 is 10.2 Å². The Balaban J connectivity index is 2.98. The average Bonchev–Trinajstić information content (AvgIpc) is 2.38. The molecule has 0 radical (unpaired) electrons. The number of phenolic OH excluding ortho intramolecular Hbond substituents is 1. The highest BCUT2D eigenvalue weighted by molar-refractivity contribution is 7.90. The Labute approximate surface area is 119 Å². The summed E-state index contributed by atoms with van der Waals surface area (Å²) in [5.74, 6) is -0.199. The fourth-order valence-electron chi connectivity index (χ4n) is 1.47. The van der Waals surface area contributed by atoms with Crippen LogP contribution >= 0.6 is 0 Å². The maximum Gasteiger partial charge on any atom is 0.301 e. The molecule has 0 spiro atoms. The first-order valence-electron chi connectivity index (χ1n) is 6.20. The van der Waals surface area contributed by atoms with E-state index in [0.29, 0.717) is 12.1 Å². The van der Waals surface area contributed by atoms with Crippen molar-refractivity contribution in [2.24, 2.45) is 0 Å². The standard InChI is InChI=1S/C12H21N3O4S/c1-4-13-8-12(17)9-5-6-11(16)10(7-9)14-20(18,19)15(2)3/h5-7,12-14,16-17H,4,8H2,1-3H3. The average molecular weight is 303 g/mol. The van der Waals surface area contributed by atoms with Gasteiger partial charge in [0.15, 0.2) is 0 Å². The van der Waals surface area contributed by atoms with Crippen LogP contribution in [0.2, 0.25) is 0 Å². The molecule has 8 heteroatoms. The molecule has 4 N–H and O–H groups in total. The predicted octanol–water partition coefficient (Wildman–Crippen LogP) is 0.253. The molecule has 7 nitrogen and oxygen atoms in total. The van der Waals surface area contributed by atoms with E-state index < -0.39 is 16.3 Å². The molecule has 0 saturated carbocycles. The molecular formula is C12H21N3O4S. The normalized spacial score (nSPS) is 13.4. The lowest BCUT2D eigenvalue weighted by molar-refractivity contribution is 0.175. The van der Waals surface area contributed by atoms with Crippen LogP contribution in [0.5, 0.6) is 5.75 Å². The van der Waals surface area contributed by atoms with Gasteiger partial charge in [0, 0.05) is 20.6 Å². The Bertz CT molecular complexity index is 546. The van der Waals surface area contributed by atoms with Crippen LogP contribution in [0.4, 0.5) is 5.69 Å². The van der Waals surface area contributed by atoms with Gasteiger partial charge in [-0.3, -0.25) is 4.72 Å². The van der Waals surface area contributed by atoms with E-state index in [1.54, 1.807) is 6.07 Å². The van der Waals surface area contributed by atoms with E-state index in [4.69, 9.17) is 0 Å². The minimum absolute atomic E-state index is 0.0340. The highest BCUT2D eigenvalue weighted by atomic mass is 32.2. The van der Waals surface area contributed by atoms with Crippen molar-refractivity contribution in [3.63, 3.8) is 0 Å². The molecule has 0 aliphatic heterocycles.